The Hall–Kier alpha value is -1.36. The summed E-state index contributed by atoms with van der Waals surface area (Å²) in [5.41, 5.74) is 1.34. The zero-order chi connectivity index (χ0) is 15.5. The second-order valence-electron chi connectivity index (χ2n) is 6.32. The van der Waals surface area contributed by atoms with Gasteiger partial charge in [-0.1, -0.05) is 6.92 Å². The van der Waals surface area contributed by atoms with Crippen molar-refractivity contribution < 1.29 is 9.53 Å². The first kappa shape index (κ1) is 16.0. The van der Waals surface area contributed by atoms with Crippen LogP contribution in [0.4, 0.5) is 16.2 Å². The summed E-state index contributed by atoms with van der Waals surface area (Å²) in [5.74, 6) is 1.22. The highest BCUT2D eigenvalue weighted by Gasteiger charge is 2.23. The number of benzene rings is 1. The molecule has 21 heavy (non-hydrogen) atoms. The highest BCUT2D eigenvalue weighted by atomic mass is 32.2. The van der Waals surface area contributed by atoms with Gasteiger partial charge in [0.25, 0.3) is 0 Å². The van der Waals surface area contributed by atoms with Gasteiger partial charge in [0.05, 0.1) is 0 Å². The van der Waals surface area contributed by atoms with E-state index in [-0.39, 0.29) is 0 Å². The summed E-state index contributed by atoms with van der Waals surface area (Å²) in [6, 6.07) is 8.28. The van der Waals surface area contributed by atoms with Crippen LogP contribution in [-0.2, 0) is 4.74 Å². The highest BCUT2D eigenvalue weighted by molar-refractivity contribution is 8.00. The van der Waals surface area contributed by atoms with Crippen LogP contribution in [0.25, 0.3) is 0 Å². The highest BCUT2D eigenvalue weighted by Crippen LogP contribution is 2.29. The maximum atomic E-state index is 11.7. The Kier molecular flexibility index (Phi) is 5.04. The zero-order valence-electron chi connectivity index (χ0n) is 13.1. The van der Waals surface area contributed by atoms with Gasteiger partial charge in [0.2, 0.25) is 0 Å². The van der Waals surface area contributed by atoms with Gasteiger partial charge < -0.3 is 10.1 Å². The summed E-state index contributed by atoms with van der Waals surface area (Å²) in [6.45, 7) is 7.80. The van der Waals surface area contributed by atoms with Crippen molar-refractivity contribution in [3.05, 3.63) is 24.3 Å². The van der Waals surface area contributed by atoms with Gasteiger partial charge in [-0.3, -0.25) is 5.32 Å². The summed E-state index contributed by atoms with van der Waals surface area (Å²) in [7, 11) is 0. The fraction of sp³-hybridized carbons (Fsp3) is 0.562. The fourth-order valence-electron chi connectivity index (χ4n) is 2.21. The molecule has 0 spiro atoms. The number of anilines is 2. The van der Waals surface area contributed by atoms with Crippen LogP contribution < -0.4 is 10.6 Å². The van der Waals surface area contributed by atoms with Crippen LogP contribution in [-0.4, -0.2) is 28.7 Å². The normalized spacial score (nSPS) is 21.9. The van der Waals surface area contributed by atoms with Crippen molar-refractivity contribution in [3.8, 4) is 0 Å². The maximum absolute atomic E-state index is 11.7. The number of hydrogen-bond acceptors (Lipinski definition) is 4. The van der Waals surface area contributed by atoms with E-state index in [1.54, 1.807) is 0 Å². The number of hydrogen-bond donors (Lipinski definition) is 2. The van der Waals surface area contributed by atoms with Crippen LogP contribution in [0.2, 0.25) is 0 Å². The van der Waals surface area contributed by atoms with Gasteiger partial charge in [0.15, 0.2) is 0 Å². The number of ether oxygens (including phenoxy) is 1. The molecule has 2 rings (SSSR count). The minimum atomic E-state index is -0.484. The second kappa shape index (κ2) is 6.60. The number of carbonyl (C=O) groups excluding carboxylic acids is 1. The van der Waals surface area contributed by atoms with Crippen molar-refractivity contribution in [3.63, 3.8) is 0 Å². The third-order valence-corrected chi connectivity index (χ3v) is 4.58. The van der Waals surface area contributed by atoms with Crippen molar-refractivity contribution >= 4 is 29.2 Å². The molecule has 1 amide bonds. The van der Waals surface area contributed by atoms with E-state index in [2.05, 4.69) is 17.6 Å². The van der Waals surface area contributed by atoms with Gasteiger partial charge in [0.1, 0.15) is 5.60 Å². The standard InChI is InChI=1S/C16H24N2O2S/c1-11-14(9-10-21-11)17-12-5-7-13(8-6-12)18-15(19)20-16(2,3)4/h5-8,11,14,17H,9-10H2,1-4H3,(H,18,19). The Morgan fingerprint density at radius 3 is 2.38 bits per heavy atom. The third-order valence-electron chi connectivity index (χ3n) is 3.26. The minimum Gasteiger partial charge on any atom is -0.444 e. The monoisotopic (exact) mass is 308 g/mol. The Labute approximate surface area is 131 Å². The van der Waals surface area contributed by atoms with Crippen LogP contribution in [0, 0.1) is 0 Å². The van der Waals surface area contributed by atoms with E-state index in [4.69, 9.17) is 4.74 Å². The molecule has 0 saturated carbocycles. The van der Waals surface area contributed by atoms with Gasteiger partial charge in [-0.2, -0.15) is 11.8 Å². The lowest BCUT2D eigenvalue weighted by atomic mass is 10.1. The predicted molar refractivity (Wildman–Crippen MR) is 90.2 cm³/mol. The van der Waals surface area contributed by atoms with E-state index in [0.29, 0.717) is 11.3 Å². The van der Waals surface area contributed by atoms with E-state index in [0.717, 1.165) is 11.4 Å². The molecule has 1 aliphatic rings. The number of thioether (sulfide) groups is 1. The largest absolute Gasteiger partial charge is 0.444 e. The number of carbonyl (C=O) groups is 1. The molecule has 1 heterocycles. The molecule has 2 unspecified atom stereocenters. The Bertz CT molecular complexity index is 482. The SMILES string of the molecule is CC1SCCC1Nc1ccc(NC(=O)OC(C)(C)C)cc1. The molecular weight excluding hydrogens is 284 g/mol. The lowest BCUT2D eigenvalue weighted by Gasteiger charge is -2.20. The smallest absolute Gasteiger partial charge is 0.412 e. The van der Waals surface area contributed by atoms with E-state index >= 15 is 0 Å². The van der Waals surface area contributed by atoms with E-state index in [1.807, 2.05) is 56.8 Å². The van der Waals surface area contributed by atoms with Gasteiger partial charge in [-0.25, -0.2) is 4.79 Å². The van der Waals surface area contributed by atoms with Gasteiger partial charge in [0, 0.05) is 22.7 Å². The summed E-state index contributed by atoms with van der Waals surface area (Å²) in [6.07, 6.45) is 0.771. The number of amides is 1. The van der Waals surface area contributed by atoms with E-state index in [1.165, 1.54) is 12.2 Å². The molecule has 1 aliphatic heterocycles. The summed E-state index contributed by atoms with van der Waals surface area (Å²) < 4.78 is 5.23. The van der Waals surface area contributed by atoms with Crippen molar-refractivity contribution in [1.29, 1.82) is 0 Å². The fourth-order valence-corrected chi connectivity index (χ4v) is 3.40. The first-order valence-corrected chi connectivity index (χ1v) is 8.36. The van der Waals surface area contributed by atoms with E-state index < -0.39 is 11.7 Å². The molecule has 4 nitrogen and oxygen atoms in total. The molecule has 1 fully saturated rings. The van der Waals surface area contributed by atoms with Crippen molar-refractivity contribution in [2.75, 3.05) is 16.4 Å². The molecule has 1 aromatic carbocycles. The molecule has 1 aromatic rings. The number of rotatable bonds is 3. The molecule has 5 heteroatoms. The molecule has 116 valence electrons. The molecule has 2 N–H and O–H groups in total. The Morgan fingerprint density at radius 2 is 1.86 bits per heavy atom. The van der Waals surface area contributed by atoms with Crippen LogP contribution >= 0.6 is 11.8 Å². The lowest BCUT2D eigenvalue weighted by Crippen LogP contribution is -2.27. The molecule has 0 bridgehead atoms. The number of nitrogens with one attached hydrogen (secondary N) is 2. The van der Waals surface area contributed by atoms with Crippen LogP contribution in [0.1, 0.15) is 34.1 Å². The van der Waals surface area contributed by atoms with Gasteiger partial charge in [-0.05, 0) is 57.2 Å². The molecule has 2 atom stereocenters. The van der Waals surface area contributed by atoms with Crippen LogP contribution in [0.15, 0.2) is 24.3 Å². The quantitative estimate of drug-likeness (QED) is 0.872. The van der Waals surface area contributed by atoms with Gasteiger partial charge >= 0.3 is 6.09 Å². The summed E-state index contributed by atoms with van der Waals surface area (Å²) in [4.78, 5) is 11.7. The van der Waals surface area contributed by atoms with E-state index in [9.17, 15) is 4.79 Å². The molecular formula is C16H24N2O2S. The average molecular weight is 308 g/mol. The third kappa shape index (κ3) is 5.16. The van der Waals surface area contributed by atoms with Crippen LogP contribution in [0.5, 0.6) is 0 Å². The van der Waals surface area contributed by atoms with Crippen LogP contribution in [0.3, 0.4) is 0 Å². The molecule has 0 aromatic heterocycles. The maximum Gasteiger partial charge on any atom is 0.412 e. The molecule has 0 aliphatic carbocycles. The first-order chi connectivity index (χ1) is 9.83. The van der Waals surface area contributed by atoms with Crippen molar-refractivity contribution in [2.45, 2.75) is 51.0 Å². The molecule has 0 radical (unpaired) electrons. The topological polar surface area (TPSA) is 50.4 Å². The second-order valence-corrected chi connectivity index (χ2v) is 7.80. The Balaban J connectivity index is 1.88. The first-order valence-electron chi connectivity index (χ1n) is 7.32. The zero-order valence-corrected chi connectivity index (χ0v) is 13.9. The van der Waals surface area contributed by atoms with Crippen molar-refractivity contribution in [2.24, 2.45) is 0 Å². The summed E-state index contributed by atoms with van der Waals surface area (Å²) in [5, 5.41) is 6.92. The minimum absolute atomic E-state index is 0.427. The Morgan fingerprint density at radius 1 is 1.24 bits per heavy atom. The summed E-state index contributed by atoms with van der Waals surface area (Å²) >= 11 is 2.01. The molecule has 1 saturated heterocycles. The van der Waals surface area contributed by atoms with Crippen molar-refractivity contribution in [1.82, 2.24) is 0 Å². The van der Waals surface area contributed by atoms with Gasteiger partial charge in [-0.15, -0.1) is 0 Å². The average Bonchev–Trinajstić information content (AvgIpc) is 2.75. The lowest BCUT2D eigenvalue weighted by molar-refractivity contribution is 0.0636. The predicted octanol–water partition coefficient (Wildman–Crippen LogP) is 4.34.